The summed E-state index contributed by atoms with van der Waals surface area (Å²) in [5, 5.41) is 0. The first-order valence-corrected chi connectivity index (χ1v) is 6.63. The Bertz CT molecular complexity index is 292. The normalized spacial score (nSPS) is 11.8. The minimum absolute atomic E-state index is 0.335. The number of hydrogen-bond donors (Lipinski definition) is 0. The lowest BCUT2D eigenvalue weighted by molar-refractivity contribution is 0.446. The highest BCUT2D eigenvalue weighted by Crippen LogP contribution is 2.29. The predicted molar refractivity (Wildman–Crippen MR) is 73.0 cm³/mol. The second-order valence-corrected chi connectivity index (χ2v) is 5.56. The summed E-state index contributed by atoms with van der Waals surface area (Å²) in [5.74, 6) is 0. The molecule has 0 spiro atoms. The van der Waals surface area contributed by atoms with Gasteiger partial charge in [-0.05, 0) is 24.3 Å². The van der Waals surface area contributed by atoms with Crippen LogP contribution in [0.4, 0.5) is 0 Å². The summed E-state index contributed by atoms with van der Waals surface area (Å²) in [4.78, 5) is 0. The van der Waals surface area contributed by atoms with Crippen LogP contribution in [0.2, 0.25) is 0 Å². The molecule has 0 N–H and O–H groups in total. The summed E-state index contributed by atoms with van der Waals surface area (Å²) in [5.41, 5.74) is 3.17. The van der Waals surface area contributed by atoms with Gasteiger partial charge in [0, 0.05) is 0 Å². The average Bonchev–Trinajstić information content (AvgIpc) is 2.25. The fraction of sp³-hybridized carbons (Fsp3) is 0.625. The number of rotatable bonds is 6. The van der Waals surface area contributed by atoms with E-state index >= 15 is 0 Å². The number of hydrogen-bond acceptors (Lipinski definition) is 0. The fourth-order valence-electron chi connectivity index (χ4n) is 2.14. The van der Waals surface area contributed by atoms with Crippen LogP contribution in [0.1, 0.15) is 64.0 Å². The zero-order chi connectivity index (χ0) is 12.0. The highest BCUT2D eigenvalue weighted by Gasteiger charge is 2.19. The summed E-state index contributed by atoms with van der Waals surface area (Å²) < 4.78 is 0. The van der Waals surface area contributed by atoms with E-state index in [1.165, 1.54) is 43.2 Å². The minimum atomic E-state index is 0.335. The molecule has 0 atom stereocenters. The van der Waals surface area contributed by atoms with Gasteiger partial charge in [-0.1, -0.05) is 76.3 Å². The molecule has 0 bridgehead atoms. The van der Waals surface area contributed by atoms with Crippen LogP contribution in [0.25, 0.3) is 0 Å². The zero-order valence-corrected chi connectivity index (χ0v) is 11.3. The maximum atomic E-state index is 2.36. The molecule has 16 heavy (non-hydrogen) atoms. The van der Waals surface area contributed by atoms with Crippen LogP contribution < -0.4 is 0 Å². The smallest absolute Gasteiger partial charge is 0.0104 e. The SMILES string of the molecule is CCCCCCC(C)(C)c1ccc(C)cc1. The molecule has 0 heteroatoms. The predicted octanol–water partition coefficient (Wildman–Crippen LogP) is 5.24. The van der Waals surface area contributed by atoms with E-state index in [2.05, 4.69) is 52.0 Å². The first-order chi connectivity index (χ1) is 7.56. The molecule has 0 amide bonds. The molecule has 1 aromatic carbocycles. The Labute approximate surface area is 101 Å². The molecule has 0 aromatic heterocycles. The van der Waals surface area contributed by atoms with Crippen molar-refractivity contribution >= 4 is 0 Å². The van der Waals surface area contributed by atoms with Crippen molar-refractivity contribution in [3.8, 4) is 0 Å². The lowest BCUT2D eigenvalue weighted by atomic mass is 9.80. The van der Waals surface area contributed by atoms with Crippen LogP contribution in [-0.4, -0.2) is 0 Å². The van der Waals surface area contributed by atoms with E-state index < -0.39 is 0 Å². The van der Waals surface area contributed by atoms with Crippen molar-refractivity contribution < 1.29 is 0 Å². The molecule has 0 heterocycles. The van der Waals surface area contributed by atoms with Crippen molar-refractivity contribution in [1.29, 1.82) is 0 Å². The average molecular weight is 218 g/mol. The Balaban J connectivity index is 2.52. The van der Waals surface area contributed by atoms with Gasteiger partial charge in [-0.3, -0.25) is 0 Å². The van der Waals surface area contributed by atoms with Crippen molar-refractivity contribution in [2.45, 2.75) is 65.2 Å². The van der Waals surface area contributed by atoms with Crippen LogP contribution >= 0.6 is 0 Å². The van der Waals surface area contributed by atoms with E-state index in [-0.39, 0.29) is 0 Å². The molecule has 0 radical (unpaired) electrons. The molecule has 0 saturated heterocycles. The molecule has 0 saturated carbocycles. The zero-order valence-electron chi connectivity index (χ0n) is 11.3. The fourth-order valence-corrected chi connectivity index (χ4v) is 2.14. The molecule has 1 rings (SSSR count). The van der Waals surface area contributed by atoms with E-state index in [0.29, 0.717) is 5.41 Å². The topological polar surface area (TPSA) is 0 Å². The van der Waals surface area contributed by atoms with Crippen LogP contribution in [0.5, 0.6) is 0 Å². The first-order valence-electron chi connectivity index (χ1n) is 6.63. The molecule has 0 aliphatic heterocycles. The molecule has 0 unspecified atom stereocenters. The second-order valence-electron chi connectivity index (χ2n) is 5.56. The monoisotopic (exact) mass is 218 g/mol. The van der Waals surface area contributed by atoms with Crippen LogP contribution in [0, 0.1) is 6.92 Å². The third-order valence-electron chi connectivity index (χ3n) is 3.49. The quantitative estimate of drug-likeness (QED) is 0.573. The minimum Gasteiger partial charge on any atom is -0.0654 e. The lowest BCUT2D eigenvalue weighted by Gasteiger charge is -2.25. The van der Waals surface area contributed by atoms with Crippen molar-refractivity contribution in [2.75, 3.05) is 0 Å². The highest BCUT2D eigenvalue weighted by atomic mass is 14.2. The molecular formula is C16H26. The van der Waals surface area contributed by atoms with Gasteiger partial charge in [0.05, 0.1) is 0 Å². The Morgan fingerprint density at radius 1 is 0.938 bits per heavy atom. The van der Waals surface area contributed by atoms with Crippen molar-refractivity contribution in [3.63, 3.8) is 0 Å². The summed E-state index contributed by atoms with van der Waals surface area (Å²) in [7, 11) is 0. The van der Waals surface area contributed by atoms with Crippen LogP contribution in [0.15, 0.2) is 24.3 Å². The molecule has 0 aliphatic carbocycles. The summed E-state index contributed by atoms with van der Waals surface area (Å²) in [6.45, 7) is 9.15. The van der Waals surface area contributed by atoms with Gasteiger partial charge < -0.3 is 0 Å². The third-order valence-corrected chi connectivity index (χ3v) is 3.49. The Kier molecular flexibility index (Phi) is 5.05. The standard InChI is InChI=1S/C16H26/c1-5-6-7-8-13-16(3,4)15-11-9-14(2)10-12-15/h9-12H,5-8,13H2,1-4H3. The van der Waals surface area contributed by atoms with Gasteiger partial charge in [0.1, 0.15) is 0 Å². The molecule has 0 aliphatic rings. The highest BCUT2D eigenvalue weighted by molar-refractivity contribution is 5.27. The van der Waals surface area contributed by atoms with Gasteiger partial charge in [0.2, 0.25) is 0 Å². The van der Waals surface area contributed by atoms with E-state index in [1.807, 2.05) is 0 Å². The molecular weight excluding hydrogens is 192 g/mol. The van der Waals surface area contributed by atoms with Gasteiger partial charge in [-0.15, -0.1) is 0 Å². The number of unbranched alkanes of at least 4 members (excludes halogenated alkanes) is 3. The van der Waals surface area contributed by atoms with Gasteiger partial charge >= 0.3 is 0 Å². The van der Waals surface area contributed by atoms with E-state index in [1.54, 1.807) is 0 Å². The van der Waals surface area contributed by atoms with Crippen molar-refractivity contribution in [3.05, 3.63) is 35.4 Å². The Hall–Kier alpha value is -0.780. The maximum Gasteiger partial charge on any atom is -0.0104 e. The molecule has 90 valence electrons. The molecule has 0 nitrogen and oxygen atoms in total. The number of benzene rings is 1. The van der Waals surface area contributed by atoms with E-state index in [0.717, 1.165) is 0 Å². The van der Waals surface area contributed by atoms with Gasteiger partial charge in [-0.2, -0.15) is 0 Å². The van der Waals surface area contributed by atoms with E-state index in [4.69, 9.17) is 0 Å². The summed E-state index contributed by atoms with van der Waals surface area (Å²) in [6, 6.07) is 9.02. The molecule has 0 fully saturated rings. The van der Waals surface area contributed by atoms with Gasteiger partial charge in [0.15, 0.2) is 0 Å². The number of aryl methyl sites for hydroxylation is 1. The Morgan fingerprint density at radius 3 is 2.12 bits per heavy atom. The largest absolute Gasteiger partial charge is 0.0654 e. The van der Waals surface area contributed by atoms with Crippen LogP contribution in [0.3, 0.4) is 0 Å². The van der Waals surface area contributed by atoms with Crippen molar-refractivity contribution in [2.24, 2.45) is 0 Å². The van der Waals surface area contributed by atoms with Gasteiger partial charge in [-0.25, -0.2) is 0 Å². The van der Waals surface area contributed by atoms with Crippen LogP contribution in [-0.2, 0) is 5.41 Å². The second kappa shape index (κ2) is 6.08. The van der Waals surface area contributed by atoms with Crippen molar-refractivity contribution in [1.82, 2.24) is 0 Å². The van der Waals surface area contributed by atoms with Gasteiger partial charge in [0.25, 0.3) is 0 Å². The first kappa shape index (κ1) is 13.3. The van der Waals surface area contributed by atoms with E-state index in [9.17, 15) is 0 Å². The third kappa shape index (κ3) is 4.00. The molecule has 1 aromatic rings. The summed E-state index contributed by atoms with van der Waals surface area (Å²) >= 11 is 0. The summed E-state index contributed by atoms with van der Waals surface area (Å²) in [6.07, 6.45) is 6.74. The Morgan fingerprint density at radius 2 is 1.56 bits per heavy atom. The lowest BCUT2D eigenvalue weighted by Crippen LogP contribution is -2.16. The maximum absolute atomic E-state index is 2.36.